The van der Waals surface area contributed by atoms with E-state index >= 15 is 0 Å². The number of benzene rings is 2. The van der Waals surface area contributed by atoms with Crippen LogP contribution in [0.5, 0.6) is 0 Å². The fraction of sp³-hybridized carbons (Fsp3) is 0.111. The van der Waals surface area contributed by atoms with Gasteiger partial charge in [-0.1, -0.05) is 53.5 Å². The number of carbonyl (C=O) groups excluding carboxylic acids is 1. The number of carbonyl (C=O) groups is 1. The second-order valence-corrected chi connectivity index (χ2v) is 6.54. The van der Waals surface area contributed by atoms with Crippen molar-refractivity contribution >= 4 is 34.9 Å². The Labute approximate surface area is 148 Å². The molecule has 0 fully saturated rings. The highest BCUT2D eigenvalue weighted by molar-refractivity contribution is 6.33. The van der Waals surface area contributed by atoms with Crippen molar-refractivity contribution in [1.29, 1.82) is 0 Å². The lowest BCUT2D eigenvalue weighted by Crippen LogP contribution is -2.23. The monoisotopic (exact) mass is 357 g/mol. The summed E-state index contributed by atoms with van der Waals surface area (Å²) in [5, 5.41) is 11.3. The first kappa shape index (κ1) is 15.2. The van der Waals surface area contributed by atoms with E-state index in [-0.39, 0.29) is 11.8 Å². The molecule has 3 aromatic rings. The summed E-state index contributed by atoms with van der Waals surface area (Å²) in [5.41, 5.74) is 3.65. The van der Waals surface area contributed by atoms with Crippen LogP contribution in [0.3, 0.4) is 0 Å². The Morgan fingerprint density at radius 2 is 1.88 bits per heavy atom. The van der Waals surface area contributed by atoms with Gasteiger partial charge in [0.25, 0.3) is 0 Å². The molecule has 1 aromatic heterocycles. The lowest BCUT2D eigenvalue weighted by Gasteiger charge is -2.24. The van der Waals surface area contributed by atoms with Crippen LogP contribution in [0.1, 0.15) is 23.5 Å². The molecule has 1 aliphatic rings. The van der Waals surface area contributed by atoms with E-state index in [1.165, 1.54) is 0 Å². The molecule has 24 heavy (non-hydrogen) atoms. The van der Waals surface area contributed by atoms with Gasteiger partial charge in [-0.2, -0.15) is 5.10 Å². The quantitative estimate of drug-likeness (QED) is 0.688. The average molecular weight is 358 g/mol. The fourth-order valence-electron chi connectivity index (χ4n) is 3.13. The fourth-order valence-corrected chi connectivity index (χ4v) is 3.56. The summed E-state index contributed by atoms with van der Waals surface area (Å²) in [7, 11) is 0. The number of nitrogens with one attached hydrogen (secondary N) is 2. The molecular weight excluding hydrogens is 345 g/mol. The number of amides is 1. The van der Waals surface area contributed by atoms with Crippen LogP contribution >= 0.6 is 23.2 Å². The molecule has 1 atom stereocenters. The molecule has 1 amide bonds. The van der Waals surface area contributed by atoms with Crippen LogP contribution in [0.15, 0.2) is 48.5 Å². The summed E-state index contributed by atoms with van der Waals surface area (Å²) < 4.78 is 0. The van der Waals surface area contributed by atoms with Gasteiger partial charge in [0.2, 0.25) is 5.91 Å². The van der Waals surface area contributed by atoms with Crippen molar-refractivity contribution in [1.82, 2.24) is 10.2 Å². The van der Waals surface area contributed by atoms with Gasteiger partial charge in [-0.3, -0.25) is 9.89 Å². The third-order valence-corrected chi connectivity index (χ3v) is 4.77. The van der Waals surface area contributed by atoms with E-state index in [1.807, 2.05) is 36.4 Å². The average Bonchev–Trinajstić information content (AvgIpc) is 3.01. The predicted octanol–water partition coefficient (Wildman–Crippen LogP) is 4.86. The highest BCUT2D eigenvalue weighted by Gasteiger charge is 2.33. The van der Waals surface area contributed by atoms with Crippen LogP contribution in [0.2, 0.25) is 10.0 Å². The van der Waals surface area contributed by atoms with E-state index < -0.39 is 0 Å². The second kappa shape index (κ2) is 5.96. The zero-order valence-electron chi connectivity index (χ0n) is 12.5. The molecule has 0 radical (unpaired) electrons. The molecule has 0 bridgehead atoms. The standard InChI is InChI=1S/C18H13Cl2N3O/c19-11-6-7-14(20)12(8-11)13-9-15(24)21-18-16(13)17(22-23-18)10-4-2-1-3-5-10/h1-8,13H,9H2,(H2,21,22,23,24)/t13-/m0/s1. The Hall–Kier alpha value is -2.30. The van der Waals surface area contributed by atoms with E-state index in [0.717, 1.165) is 22.4 Å². The summed E-state index contributed by atoms with van der Waals surface area (Å²) in [6.45, 7) is 0. The molecule has 0 spiro atoms. The van der Waals surface area contributed by atoms with Gasteiger partial charge in [-0.25, -0.2) is 0 Å². The molecule has 120 valence electrons. The van der Waals surface area contributed by atoms with E-state index in [4.69, 9.17) is 23.2 Å². The van der Waals surface area contributed by atoms with E-state index in [1.54, 1.807) is 12.1 Å². The number of hydrogen-bond donors (Lipinski definition) is 2. The number of fused-ring (bicyclic) bond motifs is 1. The molecule has 2 heterocycles. The maximum atomic E-state index is 12.1. The highest BCUT2D eigenvalue weighted by Crippen LogP contribution is 2.44. The first-order valence-corrected chi connectivity index (χ1v) is 8.27. The van der Waals surface area contributed by atoms with Crippen molar-refractivity contribution in [2.24, 2.45) is 0 Å². The molecule has 2 aromatic carbocycles. The lowest BCUT2D eigenvalue weighted by atomic mass is 9.84. The number of nitrogens with zero attached hydrogens (tertiary/aromatic N) is 1. The first-order chi connectivity index (χ1) is 11.6. The van der Waals surface area contributed by atoms with Gasteiger partial charge in [0.1, 0.15) is 0 Å². The Balaban J connectivity index is 1.91. The Bertz CT molecular complexity index is 921. The van der Waals surface area contributed by atoms with E-state index in [0.29, 0.717) is 22.3 Å². The van der Waals surface area contributed by atoms with Crippen LogP contribution < -0.4 is 5.32 Å². The van der Waals surface area contributed by atoms with Gasteiger partial charge < -0.3 is 5.32 Å². The molecule has 0 aliphatic carbocycles. The summed E-state index contributed by atoms with van der Waals surface area (Å²) in [4.78, 5) is 12.1. The van der Waals surface area contributed by atoms with E-state index in [9.17, 15) is 4.79 Å². The number of anilines is 1. The Morgan fingerprint density at radius 3 is 2.67 bits per heavy atom. The van der Waals surface area contributed by atoms with E-state index in [2.05, 4.69) is 15.5 Å². The molecule has 6 heteroatoms. The number of aromatic nitrogens is 2. The van der Waals surface area contributed by atoms with Gasteiger partial charge in [-0.05, 0) is 29.3 Å². The molecule has 2 N–H and O–H groups in total. The number of H-pyrrole nitrogens is 1. The Morgan fingerprint density at radius 1 is 1.08 bits per heavy atom. The number of aromatic amines is 1. The summed E-state index contributed by atoms with van der Waals surface area (Å²) in [6, 6.07) is 15.2. The second-order valence-electron chi connectivity index (χ2n) is 5.70. The minimum absolute atomic E-state index is 0.0883. The van der Waals surface area contributed by atoms with Gasteiger partial charge in [0.15, 0.2) is 5.82 Å². The smallest absolute Gasteiger partial charge is 0.226 e. The summed E-state index contributed by atoms with van der Waals surface area (Å²) >= 11 is 12.5. The molecule has 4 rings (SSSR count). The van der Waals surface area contributed by atoms with Crippen LogP contribution in [0, 0.1) is 0 Å². The summed E-state index contributed by atoms with van der Waals surface area (Å²) in [6.07, 6.45) is 0.298. The van der Waals surface area contributed by atoms with Crippen molar-refractivity contribution in [2.75, 3.05) is 5.32 Å². The minimum atomic E-state index is -0.200. The van der Waals surface area contributed by atoms with Gasteiger partial charge >= 0.3 is 0 Å². The maximum absolute atomic E-state index is 12.1. The molecule has 0 saturated heterocycles. The zero-order chi connectivity index (χ0) is 16.7. The molecule has 4 nitrogen and oxygen atoms in total. The Kier molecular flexibility index (Phi) is 3.79. The molecule has 1 aliphatic heterocycles. The van der Waals surface area contributed by atoms with Gasteiger partial charge in [0.05, 0.1) is 5.69 Å². The zero-order valence-corrected chi connectivity index (χ0v) is 14.0. The maximum Gasteiger partial charge on any atom is 0.226 e. The highest BCUT2D eigenvalue weighted by atomic mass is 35.5. The number of halogens is 2. The largest absolute Gasteiger partial charge is 0.309 e. The first-order valence-electron chi connectivity index (χ1n) is 7.52. The molecule has 0 unspecified atom stereocenters. The molecule has 0 saturated carbocycles. The third-order valence-electron chi connectivity index (χ3n) is 4.20. The van der Waals surface area contributed by atoms with Crippen molar-refractivity contribution in [3.05, 3.63) is 69.7 Å². The third kappa shape index (κ3) is 2.58. The normalized spacial score (nSPS) is 16.6. The van der Waals surface area contributed by atoms with Crippen molar-refractivity contribution in [3.8, 4) is 11.3 Å². The van der Waals surface area contributed by atoms with Crippen LogP contribution in [-0.2, 0) is 4.79 Å². The minimum Gasteiger partial charge on any atom is -0.309 e. The van der Waals surface area contributed by atoms with Crippen LogP contribution in [-0.4, -0.2) is 16.1 Å². The number of rotatable bonds is 2. The van der Waals surface area contributed by atoms with Gasteiger partial charge in [0, 0.05) is 27.9 Å². The van der Waals surface area contributed by atoms with Crippen molar-refractivity contribution < 1.29 is 4.79 Å². The lowest BCUT2D eigenvalue weighted by molar-refractivity contribution is -0.116. The van der Waals surface area contributed by atoms with Crippen LogP contribution in [0.4, 0.5) is 5.82 Å². The molecular formula is C18H13Cl2N3O. The van der Waals surface area contributed by atoms with Crippen LogP contribution in [0.25, 0.3) is 11.3 Å². The van der Waals surface area contributed by atoms with Gasteiger partial charge in [-0.15, -0.1) is 0 Å². The number of hydrogen-bond acceptors (Lipinski definition) is 2. The topological polar surface area (TPSA) is 57.8 Å². The van der Waals surface area contributed by atoms with Crippen molar-refractivity contribution in [2.45, 2.75) is 12.3 Å². The predicted molar refractivity (Wildman–Crippen MR) is 95.6 cm³/mol. The summed E-state index contributed by atoms with van der Waals surface area (Å²) in [5.74, 6) is 0.259. The SMILES string of the molecule is O=C1C[C@@H](c2cc(Cl)ccc2Cl)c2c(n[nH]c2-c2ccccc2)N1. The van der Waals surface area contributed by atoms with Crippen molar-refractivity contribution in [3.63, 3.8) is 0 Å².